The SMILES string of the molecule is CSOCC(C)(C)C(=O)N(C)C(C)C. The van der Waals surface area contributed by atoms with Crippen LogP contribution in [-0.4, -0.2) is 36.8 Å². The molecule has 3 nitrogen and oxygen atoms in total. The van der Waals surface area contributed by atoms with Crippen molar-refractivity contribution in [3.63, 3.8) is 0 Å². The Kier molecular flexibility index (Phi) is 5.52. The summed E-state index contributed by atoms with van der Waals surface area (Å²) in [7, 11) is 1.83. The molecule has 0 atom stereocenters. The minimum atomic E-state index is -0.442. The summed E-state index contributed by atoms with van der Waals surface area (Å²) in [4.78, 5) is 13.7. The molecule has 0 N–H and O–H groups in total. The Morgan fingerprint density at radius 1 is 1.50 bits per heavy atom. The Bertz CT molecular complexity index is 193. The Labute approximate surface area is 91.4 Å². The second-order valence-electron chi connectivity index (χ2n) is 4.32. The maximum Gasteiger partial charge on any atom is 0.230 e. The van der Waals surface area contributed by atoms with E-state index < -0.39 is 5.41 Å². The summed E-state index contributed by atoms with van der Waals surface area (Å²) < 4.78 is 5.22. The summed E-state index contributed by atoms with van der Waals surface area (Å²) in [5.74, 6) is 0.126. The standard InChI is InChI=1S/C10H21NO2S/c1-8(2)11(5)9(12)10(3,4)7-13-14-6/h8H,7H2,1-6H3. The molecular formula is C10H21NO2S. The van der Waals surface area contributed by atoms with Crippen molar-refractivity contribution in [3.8, 4) is 0 Å². The molecule has 0 fully saturated rings. The van der Waals surface area contributed by atoms with Gasteiger partial charge in [0, 0.05) is 19.3 Å². The van der Waals surface area contributed by atoms with Crippen LogP contribution in [0.2, 0.25) is 0 Å². The zero-order valence-electron chi connectivity index (χ0n) is 9.96. The van der Waals surface area contributed by atoms with Crippen LogP contribution in [0.3, 0.4) is 0 Å². The van der Waals surface area contributed by atoms with Crippen molar-refractivity contribution < 1.29 is 8.98 Å². The van der Waals surface area contributed by atoms with E-state index in [1.165, 1.54) is 12.0 Å². The van der Waals surface area contributed by atoms with Crippen molar-refractivity contribution in [1.82, 2.24) is 4.90 Å². The molecule has 0 aliphatic carbocycles. The van der Waals surface area contributed by atoms with Crippen molar-refractivity contribution >= 4 is 17.9 Å². The van der Waals surface area contributed by atoms with Gasteiger partial charge in [0.1, 0.15) is 0 Å². The van der Waals surface area contributed by atoms with Gasteiger partial charge in [-0.2, -0.15) is 0 Å². The normalized spacial score (nSPS) is 11.9. The molecule has 0 spiro atoms. The van der Waals surface area contributed by atoms with E-state index in [4.69, 9.17) is 4.18 Å². The van der Waals surface area contributed by atoms with Crippen molar-refractivity contribution in [1.29, 1.82) is 0 Å². The fraction of sp³-hybridized carbons (Fsp3) is 0.900. The molecular weight excluding hydrogens is 198 g/mol. The van der Waals surface area contributed by atoms with Crippen LogP contribution in [0, 0.1) is 5.41 Å². The second kappa shape index (κ2) is 5.61. The van der Waals surface area contributed by atoms with Gasteiger partial charge in [0.25, 0.3) is 0 Å². The third-order valence-corrected chi connectivity index (χ3v) is 2.57. The second-order valence-corrected chi connectivity index (χ2v) is 4.89. The quantitative estimate of drug-likeness (QED) is 0.664. The first kappa shape index (κ1) is 13.8. The predicted octanol–water partition coefficient (Wildman–Crippen LogP) is 2.17. The molecule has 0 aromatic heterocycles. The fourth-order valence-electron chi connectivity index (χ4n) is 0.980. The highest BCUT2D eigenvalue weighted by Gasteiger charge is 2.31. The van der Waals surface area contributed by atoms with Crippen molar-refractivity contribution in [2.45, 2.75) is 33.7 Å². The van der Waals surface area contributed by atoms with Gasteiger partial charge in [-0.25, -0.2) is 0 Å². The first-order chi connectivity index (χ1) is 6.33. The molecule has 0 heterocycles. The summed E-state index contributed by atoms with van der Waals surface area (Å²) in [6.07, 6.45) is 1.85. The Balaban J connectivity index is 4.34. The summed E-state index contributed by atoms with van der Waals surface area (Å²) in [5, 5.41) is 0. The van der Waals surface area contributed by atoms with Crippen molar-refractivity contribution in [2.75, 3.05) is 19.9 Å². The van der Waals surface area contributed by atoms with E-state index in [1.807, 2.05) is 41.0 Å². The molecule has 84 valence electrons. The lowest BCUT2D eigenvalue weighted by molar-refractivity contribution is -0.141. The third kappa shape index (κ3) is 3.88. The van der Waals surface area contributed by atoms with Crippen LogP contribution in [-0.2, 0) is 8.98 Å². The van der Waals surface area contributed by atoms with Crippen LogP contribution in [0.5, 0.6) is 0 Å². The van der Waals surface area contributed by atoms with Crippen LogP contribution in [0.4, 0.5) is 0 Å². The van der Waals surface area contributed by atoms with E-state index in [0.717, 1.165) is 0 Å². The minimum Gasteiger partial charge on any atom is -0.343 e. The lowest BCUT2D eigenvalue weighted by Gasteiger charge is -2.31. The molecule has 0 bridgehead atoms. The van der Waals surface area contributed by atoms with Gasteiger partial charge in [-0.05, 0) is 39.7 Å². The minimum absolute atomic E-state index is 0.126. The number of hydrogen-bond donors (Lipinski definition) is 0. The van der Waals surface area contributed by atoms with Gasteiger partial charge >= 0.3 is 0 Å². The van der Waals surface area contributed by atoms with Gasteiger partial charge < -0.3 is 9.08 Å². The van der Waals surface area contributed by atoms with Crippen LogP contribution < -0.4 is 0 Å². The number of rotatable bonds is 5. The largest absolute Gasteiger partial charge is 0.343 e. The maximum absolute atomic E-state index is 11.9. The van der Waals surface area contributed by atoms with E-state index in [0.29, 0.717) is 6.61 Å². The number of amides is 1. The molecule has 0 rings (SSSR count). The number of carbonyl (C=O) groups is 1. The van der Waals surface area contributed by atoms with Gasteiger partial charge in [-0.1, -0.05) is 0 Å². The summed E-state index contributed by atoms with van der Waals surface area (Å²) in [5.41, 5.74) is -0.442. The molecule has 0 aromatic carbocycles. The predicted molar refractivity (Wildman–Crippen MR) is 61.2 cm³/mol. The molecule has 0 unspecified atom stereocenters. The first-order valence-corrected chi connectivity index (χ1v) is 5.90. The Hall–Kier alpha value is -0.220. The molecule has 0 radical (unpaired) electrons. The molecule has 0 aliphatic rings. The molecule has 1 amide bonds. The molecule has 0 saturated carbocycles. The third-order valence-electron chi connectivity index (χ3n) is 2.21. The van der Waals surface area contributed by atoms with Crippen LogP contribution in [0.15, 0.2) is 0 Å². The average molecular weight is 219 g/mol. The van der Waals surface area contributed by atoms with Crippen molar-refractivity contribution in [2.24, 2.45) is 5.41 Å². The highest BCUT2D eigenvalue weighted by Crippen LogP contribution is 2.21. The smallest absolute Gasteiger partial charge is 0.230 e. The number of nitrogens with zero attached hydrogens (tertiary/aromatic N) is 1. The molecule has 4 heteroatoms. The van der Waals surface area contributed by atoms with Crippen molar-refractivity contribution in [3.05, 3.63) is 0 Å². The van der Waals surface area contributed by atoms with Gasteiger partial charge in [-0.15, -0.1) is 0 Å². The molecule has 0 saturated heterocycles. The summed E-state index contributed by atoms with van der Waals surface area (Å²) in [6, 6.07) is 0.232. The van der Waals surface area contributed by atoms with E-state index >= 15 is 0 Å². The van der Waals surface area contributed by atoms with Gasteiger partial charge in [-0.3, -0.25) is 4.79 Å². The summed E-state index contributed by atoms with van der Waals surface area (Å²) in [6.45, 7) is 8.27. The molecule has 0 aromatic rings. The number of carbonyl (C=O) groups excluding carboxylic acids is 1. The fourth-order valence-corrected chi connectivity index (χ4v) is 1.39. The van der Waals surface area contributed by atoms with Gasteiger partial charge in [0.2, 0.25) is 5.91 Å². The number of hydrogen-bond acceptors (Lipinski definition) is 3. The Morgan fingerprint density at radius 3 is 2.36 bits per heavy atom. The highest BCUT2D eigenvalue weighted by molar-refractivity contribution is 7.93. The zero-order valence-corrected chi connectivity index (χ0v) is 10.8. The van der Waals surface area contributed by atoms with Crippen LogP contribution in [0.25, 0.3) is 0 Å². The van der Waals surface area contributed by atoms with E-state index in [2.05, 4.69) is 0 Å². The van der Waals surface area contributed by atoms with Crippen LogP contribution >= 0.6 is 12.0 Å². The lowest BCUT2D eigenvalue weighted by atomic mass is 9.92. The maximum atomic E-state index is 11.9. The lowest BCUT2D eigenvalue weighted by Crippen LogP contribution is -2.44. The average Bonchev–Trinajstić information content (AvgIpc) is 2.12. The molecule has 0 aliphatic heterocycles. The molecule has 14 heavy (non-hydrogen) atoms. The van der Waals surface area contributed by atoms with E-state index in [9.17, 15) is 4.79 Å². The van der Waals surface area contributed by atoms with E-state index in [1.54, 1.807) is 4.90 Å². The highest BCUT2D eigenvalue weighted by atomic mass is 32.2. The monoisotopic (exact) mass is 219 g/mol. The van der Waals surface area contributed by atoms with Gasteiger partial charge in [0.05, 0.1) is 12.0 Å². The van der Waals surface area contributed by atoms with Gasteiger partial charge in [0.15, 0.2) is 0 Å². The topological polar surface area (TPSA) is 29.5 Å². The van der Waals surface area contributed by atoms with Crippen LogP contribution in [0.1, 0.15) is 27.7 Å². The zero-order chi connectivity index (χ0) is 11.4. The van der Waals surface area contributed by atoms with E-state index in [-0.39, 0.29) is 11.9 Å². The summed E-state index contributed by atoms with van der Waals surface area (Å²) >= 11 is 1.30. The Morgan fingerprint density at radius 2 is 2.00 bits per heavy atom. The first-order valence-electron chi connectivity index (χ1n) is 4.75.